The average Bonchev–Trinajstić information content (AvgIpc) is 3.18. The van der Waals surface area contributed by atoms with Crippen molar-refractivity contribution >= 4 is 22.6 Å². The number of aromatic nitrogens is 6. The Morgan fingerprint density at radius 1 is 1.25 bits per heavy atom. The van der Waals surface area contributed by atoms with Crippen LogP contribution in [-0.4, -0.2) is 54.8 Å². The van der Waals surface area contributed by atoms with Gasteiger partial charge in [-0.15, -0.1) is 5.10 Å². The molecule has 1 fully saturated rings. The minimum absolute atomic E-state index is 0.234. The van der Waals surface area contributed by atoms with Gasteiger partial charge in [0, 0.05) is 23.5 Å². The van der Waals surface area contributed by atoms with Gasteiger partial charge in [0.15, 0.2) is 5.65 Å². The molecule has 0 spiro atoms. The number of nitrogens with one attached hydrogen (secondary N) is 1. The molecule has 4 aromatic heterocycles. The van der Waals surface area contributed by atoms with E-state index in [9.17, 15) is 8.78 Å². The zero-order chi connectivity index (χ0) is 19.3. The molecule has 0 unspecified atom stereocenters. The Bertz CT molecular complexity index is 1170. The number of hydrogen-bond acceptors (Lipinski definition) is 6. The lowest BCUT2D eigenvalue weighted by molar-refractivity contribution is 0.0207. The van der Waals surface area contributed by atoms with Crippen molar-refractivity contribution in [3.63, 3.8) is 0 Å². The lowest BCUT2D eigenvalue weighted by atomic mass is 10.1. The number of imidazole rings is 1. The molecule has 0 aliphatic carbocycles. The fraction of sp³-hybridized carbons (Fsp3) is 0.333. The third kappa shape index (κ3) is 2.85. The maximum Gasteiger partial charge on any atom is 0.256 e. The van der Waals surface area contributed by atoms with Crippen LogP contribution >= 0.6 is 0 Å². The van der Waals surface area contributed by atoms with Crippen molar-refractivity contribution in [1.82, 2.24) is 29.1 Å². The van der Waals surface area contributed by atoms with E-state index in [-0.39, 0.29) is 6.04 Å². The number of rotatable bonds is 5. The van der Waals surface area contributed by atoms with Crippen LogP contribution in [0.3, 0.4) is 0 Å². The Balaban J connectivity index is 1.54. The topological polar surface area (TPSA) is 82.2 Å². The molecule has 0 aromatic carbocycles. The van der Waals surface area contributed by atoms with Crippen LogP contribution in [0.15, 0.2) is 30.7 Å². The summed E-state index contributed by atoms with van der Waals surface area (Å²) in [6.45, 7) is 2.59. The van der Waals surface area contributed by atoms with Crippen LogP contribution in [-0.2, 0) is 11.3 Å². The summed E-state index contributed by atoms with van der Waals surface area (Å²) in [4.78, 5) is 13.0. The van der Waals surface area contributed by atoms with E-state index in [0.717, 1.165) is 16.6 Å². The zero-order valence-corrected chi connectivity index (χ0v) is 15.0. The van der Waals surface area contributed by atoms with Gasteiger partial charge in [-0.25, -0.2) is 28.2 Å². The molecule has 1 aliphatic rings. The van der Waals surface area contributed by atoms with Gasteiger partial charge < -0.3 is 14.6 Å². The smallest absolute Gasteiger partial charge is 0.256 e. The molecule has 1 aliphatic heterocycles. The number of pyridine rings is 1. The summed E-state index contributed by atoms with van der Waals surface area (Å²) in [7, 11) is 0. The minimum Gasteiger partial charge on any atom is -0.377 e. The molecule has 0 saturated carbocycles. The van der Waals surface area contributed by atoms with E-state index in [0.29, 0.717) is 36.2 Å². The van der Waals surface area contributed by atoms with Gasteiger partial charge in [0.2, 0.25) is 5.95 Å². The van der Waals surface area contributed by atoms with Gasteiger partial charge >= 0.3 is 0 Å². The third-order valence-electron chi connectivity index (χ3n) is 4.82. The van der Waals surface area contributed by atoms with Crippen molar-refractivity contribution < 1.29 is 13.5 Å². The number of hydrogen-bond donors (Lipinski definition) is 1. The first-order valence-corrected chi connectivity index (χ1v) is 8.88. The fourth-order valence-corrected chi connectivity index (χ4v) is 3.35. The summed E-state index contributed by atoms with van der Waals surface area (Å²) in [6.07, 6.45) is 2.79. The van der Waals surface area contributed by atoms with E-state index < -0.39 is 13.0 Å². The fourth-order valence-electron chi connectivity index (χ4n) is 3.35. The highest BCUT2D eigenvalue weighted by molar-refractivity contribution is 5.85. The second kappa shape index (κ2) is 6.48. The second-order valence-electron chi connectivity index (χ2n) is 6.75. The van der Waals surface area contributed by atoms with Crippen molar-refractivity contribution in [2.75, 3.05) is 18.5 Å². The van der Waals surface area contributed by atoms with Crippen LogP contribution in [0.5, 0.6) is 0 Å². The number of nitrogens with zero attached hydrogens (tertiary/aromatic N) is 6. The second-order valence-corrected chi connectivity index (χ2v) is 6.75. The van der Waals surface area contributed by atoms with Gasteiger partial charge in [-0.3, -0.25) is 0 Å². The molecule has 0 atom stereocenters. The molecule has 5 heterocycles. The predicted molar refractivity (Wildman–Crippen MR) is 98.5 cm³/mol. The van der Waals surface area contributed by atoms with Crippen LogP contribution in [0.4, 0.5) is 14.7 Å². The van der Waals surface area contributed by atoms with E-state index >= 15 is 0 Å². The highest BCUT2D eigenvalue weighted by atomic mass is 19.3. The van der Waals surface area contributed by atoms with Gasteiger partial charge in [-0.05, 0) is 19.1 Å². The molecule has 8 nitrogen and oxygen atoms in total. The summed E-state index contributed by atoms with van der Waals surface area (Å²) in [6, 6.07) is 3.97. The molecule has 144 valence electrons. The van der Waals surface area contributed by atoms with E-state index in [1.165, 1.54) is 4.57 Å². The van der Waals surface area contributed by atoms with Crippen LogP contribution < -0.4 is 5.32 Å². The summed E-state index contributed by atoms with van der Waals surface area (Å²) in [5.74, 6) is 1.04. The van der Waals surface area contributed by atoms with Crippen molar-refractivity contribution in [3.8, 4) is 11.1 Å². The number of halogens is 2. The molecule has 28 heavy (non-hydrogen) atoms. The molecule has 0 radical (unpaired) electrons. The van der Waals surface area contributed by atoms with Gasteiger partial charge in [-0.2, -0.15) is 0 Å². The van der Waals surface area contributed by atoms with Gasteiger partial charge in [-0.1, -0.05) is 0 Å². The number of fused-ring (bicyclic) bond motifs is 2. The van der Waals surface area contributed by atoms with E-state index in [2.05, 4.69) is 25.4 Å². The van der Waals surface area contributed by atoms with Gasteiger partial charge in [0.05, 0.1) is 43.0 Å². The molecule has 0 amide bonds. The Morgan fingerprint density at radius 2 is 2.11 bits per heavy atom. The van der Waals surface area contributed by atoms with Crippen LogP contribution in [0.1, 0.15) is 5.82 Å². The lowest BCUT2D eigenvalue weighted by Crippen LogP contribution is -2.40. The number of ether oxygens (including phenoxy) is 1. The standard InChI is InChI=1S/C18H17F2N7O/c1-10-23-17-14(26(10)7-16(19)20)4-11(5-21-17)13-2-3-27-15(13)6-22-18(25-27)24-12-8-28-9-12/h2-6,12,16H,7-9H2,1H3,(H,24,25). The molecule has 1 N–H and O–H groups in total. The first-order valence-electron chi connectivity index (χ1n) is 8.88. The normalized spacial score (nSPS) is 14.9. The Hall–Kier alpha value is -3.14. The van der Waals surface area contributed by atoms with Gasteiger partial charge in [0.1, 0.15) is 5.82 Å². The predicted octanol–water partition coefficient (Wildman–Crippen LogP) is 2.53. The SMILES string of the molecule is Cc1nc2ncc(-c3ccn4nc(NC5COC5)ncc34)cc2n1CC(F)F. The average molecular weight is 385 g/mol. The largest absolute Gasteiger partial charge is 0.377 e. The maximum atomic E-state index is 12.9. The summed E-state index contributed by atoms with van der Waals surface area (Å²) >= 11 is 0. The van der Waals surface area contributed by atoms with Gasteiger partial charge in [0.25, 0.3) is 6.43 Å². The minimum atomic E-state index is -2.46. The van der Waals surface area contributed by atoms with E-state index in [1.807, 2.05) is 18.3 Å². The molecular formula is C18H17F2N7O. The summed E-state index contributed by atoms with van der Waals surface area (Å²) in [5, 5.41) is 7.68. The number of aryl methyl sites for hydroxylation is 1. The lowest BCUT2D eigenvalue weighted by Gasteiger charge is -2.26. The molecule has 10 heteroatoms. The zero-order valence-electron chi connectivity index (χ0n) is 15.0. The van der Waals surface area contributed by atoms with Crippen LogP contribution in [0.2, 0.25) is 0 Å². The molecule has 1 saturated heterocycles. The third-order valence-corrected chi connectivity index (χ3v) is 4.82. The molecule has 4 aromatic rings. The first kappa shape index (κ1) is 17.0. The number of anilines is 1. The quantitative estimate of drug-likeness (QED) is 0.569. The van der Waals surface area contributed by atoms with E-state index in [1.54, 1.807) is 23.8 Å². The highest BCUT2D eigenvalue weighted by Gasteiger charge is 2.19. The van der Waals surface area contributed by atoms with Crippen LogP contribution in [0.25, 0.3) is 27.8 Å². The maximum absolute atomic E-state index is 12.9. The van der Waals surface area contributed by atoms with Crippen LogP contribution in [0, 0.1) is 6.92 Å². The number of alkyl halides is 2. The Kier molecular flexibility index (Phi) is 3.93. The van der Waals surface area contributed by atoms with Crippen molar-refractivity contribution in [2.45, 2.75) is 25.9 Å². The molecule has 5 rings (SSSR count). The summed E-state index contributed by atoms with van der Waals surface area (Å²) < 4.78 is 34.3. The van der Waals surface area contributed by atoms with E-state index in [4.69, 9.17) is 4.74 Å². The first-order chi connectivity index (χ1) is 13.6. The molecular weight excluding hydrogens is 368 g/mol. The highest BCUT2D eigenvalue weighted by Crippen LogP contribution is 2.28. The molecule has 0 bridgehead atoms. The Labute approximate surface area is 158 Å². The van der Waals surface area contributed by atoms with Crippen molar-refractivity contribution in [1.29, 1.82) is 0 Å². The monoisotopic (exact) mass is 385 g/mol. The summed E-state index contributed by atoms with van der Waals surface area (Å²) in [5.41, 5.74) is 3.50. The van der Waals surface area contributed by atoms with Crippen molar-refractivity contribution in [3.05, 3.63) is 36.5 Å². The van der Waals surface area contributed by atoms with Crippen molar-refractivity contribution in [2.24, 2.45) is 0 Å². The Morgan fingerprint density at radius 3 is 2.86 bits per heavy atom.